The summed E-state index contributed by atoms with van der Waals surface area (Å²) in [5.41, 5.74) is 0.741. The first kappa shape index (κ1) is 18.6. The minimum atomic E-state index is -0.964. The van der Waals surface area contributed by atoms with Crippen LogP contribution >= 0.6 is 11.6 Å². The van der Waals surface area contributed by atoms with E-state index in [1.807, 2.05) is 0 Å². The Morgan fingerprint density at radius 3 is 2.21 bits per heavy atom. The highest BCUT2D eigenvalue weighted by Gasteiger charge is 2.48. The van der Waals surface area contributed by atoms with Crippen molar-refractivity contribution in [1.29, 1.82) is 0 Å². The van der Waals surface area contributed by atoms with E-state index in [1.54, 1.807) is 42.5 Å². The van der Waals surface area contributed by atoms with Gasteiger partial charge in [-0.1, -0.05) is 23.7 Å². The smallest absolute Gasteiger partial charge is 0.302 e. The van der Waals surface area contributed by atoms with Crippen molar-refractivity contribution >= 4 is 35.0 Å². The Labute approximate surface area is 170 Å². The first-order valence-electron chi connectivity index (χ1n) is 8.60. The molecule has 0 saturated carbocycles. The third-order valence-electron chi connectivity index (χ3n) is 4.54. The Kier molecular flexibility index (Phi) is 4.74. The Morgan fingerprint density at radius 1 is 0.966 bits per heavy atom. The van der Waals surface area contributed by atoms with Gasteiger partial charge in [-0.2, -0.15) is 0 Å². The van der Waals surface area contributed by atoms with E-state index >= 15 is 0 Å². The van der Waals surface area contributed by atoms with Gasteiger partial charge in [-0.15, -0.1) is 0 Å². The molecule has 2 aromatic carbocycles. The lowest BCUT2D eigenvalue weighted by molar-refractivity contribution is -0.132. The van der Waals surface area contributed by atoms with E-state index in [2.05, 4.69) is 9.97 Å². The number of carbonyl (C=O) groups is 2. The molecule has 1 amide bonds. The lowest BCUT2D eigenvalue weighted by atomic mass is 9.95. The number of aromatic nitrogens is 2. The molecular weight excluding hydrogens is 394 g/mol. The van der Waals surface area contributed by atoms with Crippen molar-refractivity contribution < 1.29 is 19.8 Å². The molecule has 4 rings (SSSR count). The van der Waals surface area contributed by atoms with Crippen molar-refractivity contribution in [3.8, 4) is 5.75 Å². The zero-order chi connectivity index (χ0) is 20.5. The number of anilines is 1. The van der Waals surface area contributed by atoms with Crippen LogP contribution in [0.5, 0.6) is 5.75 Å². The number of Topliss-reactive ketones (excluding diaryl/α,β-unsaturated/α-hetero) is 1. The maximum absolute atomic E-state index is 12.9. The lowest BCUT2D eigenvalue weighted by Gasteiger charge is -2.23. The van der Waals surface area contributed by atoms with Crippen LogP contribution in [0.2, 0.25) is 5.02 Å². The number of nitrogens with zero attached hydrogens (tertiary/aromatic N) is 3. The number of aliphatic hydroxyl groups excluding tert-OH is 1. The molecule has 8 heteroatoms. The van der Waals surface area contributed by atoms with Crippen molar-refractivity contribution in [1.82, 2.24) is 9.97 Å². The van der Waals surface area contributed by atoms with Crippen LogP contribution in [0.15, 0.2) is 72.6 Å². The Morgan fingerprint density at radius 2 is 1.59 bits per heavy atom. The molecule has 1 fully saturated rings. The van der Waals surface area contributed by atoms with Gasteiger partial charge in [0.05, 0.1) is 11.6 Å². The number of halogens is 1. The van der Waals surface area contributed by atoms with Gasteiger partial charge in [0.2, 0.25) is 5.95 Å². The van der Waals surface area contributed by atoms with Crippen molar-refractivity contribution in [3.05, 3.63) is 88.7 Å². The summed E-state index contributed by atoms with van der Waals surface area (Å²) in [5, 5.41) is 21.0. The summed E-state index contributed by atoms with van der Waals surface area (Å²) in [6.07, 6.45) is 2.91. The number of rotatable bonds is 3. The molecule has 1 atom stereocenters. The molecule has 2 N–H and O–H groups in total. The monoisotopic (exact) mass is 407 g/mol. The summed E-state index contributed by atoms with van der Waals surface area (Å²) >= 11 is 5.90. The van der Waals surface area contributed by atoms with E-state index in [-0.39, 0.29) is 23.0 Å². The molecule has 144 valence electrons. The largest absolute Gasteiger partial charge is 0.508 e. The molecule has 3 aromatic rings. The number of aromatic hydroxyl groups is 1. The average Bonchev–Trinajstić information content (AvgIpc) is 3.00. The van der Waals surface area contributed by atoms with E-state index < -0.39 is 17.7 Å². The molecule has 1 aliphatic rings. The highest BCUT2D eigenvalue weighted by atomic mass is 35.5. The van der Waals surface area contributed by atoms with Gasteiger partial charge in [0.15, 0.2) is 0 Å². The third kappa shape index (κ3) is 3.32. The average molecular weight is 408 g/mol. The second-order valence-corrected chi connectivity index (χ2v) is 6.75. The number of phenolic OH excluding ortho intramolecular Hbond substituents is 1. The number of hydrogen-bond donors (Lipinski definition) is 2. The van der Waals surface area contributed by atoms with Crippen molar-refractivity contribution in [2.45, 2.75) is 6.04 Å². The standard InChI is InChI=1S/C21H14ClN3O4/c22-14-6-2-13(3-7-14)18(27)16-17(12-4-8-15(26)9-5-12)25(20(29)19(16)28)21-23-10-1-11-24-21/h1-11,17,26-27H/b18-16+/t17-/m1/s1. The van der Waals surface area contributed by atoms with Crippen LogP contribution in [-0.2, 0) is 9.59 Å². The first-order valence-corrected chi connectivity index (χ1v) is 8.98. The maximum atomic E-state index is 12.9. The summed E-state index contributed by atoms with van der Waals surface area (Å²) in [5.74, 6) is -1.99. The lowest BCUT2D eigenvalue weighted by Crippen LogP contribution is -2.31. The number of phenols is 1. The van der Waals surface area contributed by atoms with Gasteiger partial charge >= 0.3 is 5.91 Å². The Balaban J connectivity index is 1.94. The van der Waals surface area contributed by atoms with Crippen molar-refractivity contribution in [2.24, 2.45) is 0 Å². The quantitative estimate of drug-likeness (QED) is 0.391. The van der Waals surface area contributed by atoms with Crippen LogP contribution < -0.4 is 4.90 Å². The fourth-order valence-electron chi connectivity index (χ4n) is 3.19. The van der Waals surface area contributed by atoms with E-state index in [4.69, 9.17) is 11.6 Å². The minimum absolute atomic E-state index is 0.0272. The van der Waals surface area contributed by atoms with Gasteiger partial charge in [-0.05, 0) is 48.0 Å². The topological polar surface area (TPSA) is 104 Å². The van der Waals surface area contributed by atoms with Gasteiger partial charge in [0.25, 0.3) is 5.78 Å². The molecule has 7 nitrogen and oxygen atoms in total. The fourth-order valence-corrected chi connectivity index (χ4v) is 3.32. The summed E-state index contributed by atoms with van der Waals surface area (Å²) in [7, 11) is 0. The van der Waals surface area contributed by atoms with Crippen molar-refractivity contribution in [2.75, 3.05) is 4.90 Å². The van der Waals surface area contributed by atoms with Crippen molar-refractivity contribution in [3.63, 3.8) is 0 Å². The predicted molar refractivity (Wildman–Crippen MR) is 106 cm³/mol. The molecule has 29 heavy (non-hydrogen) atoms. The normalized spacial score (nSPS) is 18.2. The number of benzene rings is 2. The van der Waals surface area contributed by atoms with E-state index in [0.717, 1.165) is 4.90 Å². The van der Waals surface area contributed by atoms with Gasteiger partial charge in [-0.3, -0.25) is 14.5 Å². The summed E-state index contributed by atoms with van der Waals surface area (Å²) in [6.45, 7) is 0. The molecular formula is C21H14ClN3O4. The molecule has 0 radical (unpaired) electrons. The number of amides is 1. The zero-order valence-corrected chi connectivity index (χ0v) is 15.6. The fraction of sp³-hybridized carbons (Fsp3) is 0.0476. The number of hydrogen-bond acceptors (Lipinski definition) is 6. The van der Waals surface area contributed by atoms with Crippen LogP contribution in [0.4, 0.5) is 5.95 Å². The third-order valence-corrected chi connectivity index (χ3v) is 4.79. The van der Waals surface area contributed by atoms with E-state index in [1.165, 1.54) is 24.5 Å². The van der Waals surface area contributed by atoms with Gasteiger partial charge in [0.1, 0.15) is 11.5 Å². The number of ketones is 1. The Bertz CT molecular complexity index is 1110. The summed E-state index contributed by atoms with van der Waals surface area (Å²) in [6, 6.07) is 12.9. The molecule has 1 saturated heterocycles. The van der Waals surface area contributed by atoms with Crippen LogP contribution in [0.3, 0.4) is 0 Å². The second kappa shape index (κ2) is 7.37. The first-order chi connectivity index (χ1) is 14.0. The molecule has 1 aromatic heterocycles. The minimum Gasteiger partial charge on any atom is -0.508 e. The van der Waals surface area contributed by atoms with Gasteiger partial charge in [0, 0.05) is 23.0 Å². The van der Waals surface area contributed by atoms with Gasteiger partial charge < -0.3 is 10.2 Å². The SMILES string of the molecule is O=C1C(=O)N(c2ncccn2)[C@H](c2ccc(O)cc2)/C1=C(\O)c1ccc(Cl)cc1. The molecule has 2 heterocycles. The molecule has 0 unspecified atom stereocenters. The highest BCUT2D eigenvalue weighted by Crippen LogP contribution is 2.41. The van der Waals surface area contributed by atoms with Gasteiger partial charge in [-0.25, -0.2) is 9.97 Å². The zero-order valence-electron chi connectivity index (χ0n) is 14.9. The number of aliphatic hydroxyl groups is 1. The summed E-state index contributed by atoms with van der Waals surface area (Å²) in [4.78, 5) is 35.0. The Hall–Kier alpha value is -3.71. The second-order valence-electron chi connectivity index (χ2n) is 6.32. The predicted octanol–water partition coefficient (Wildman–Crippen LogP) is 3.46. The van der Waals surface area contributed by atoms with E-state index in [0.29, 0.717) is 16.1 Å². The maximum Gasteiger partial charge on any atom is 0.302 e. The van der Waals surface area contributed by atoms with E-state index in [9.17, 15) is 19.8 Å². The van der Waals surface area contributed by atoms with Crippen LogP contribution in [0.25, 0.3) is 5.76 Å². The summed E-state index contributed by atoms with van der Waals surface area (Å²) < 4.78 is 0. The molecule has 0 aliphatic carbocycles. The molecule has 0 spiro atoms. The number of carbonyl (C=O) groups excluding carboxylic acids is 2. The highest BCUT2D eigenvalue weighted by molar-refractivity contribution is 6.51. The van der Waals surface area contributed by atoms with Crippen LogP contribution in [0, 0.1) is 0 Å². The molecule has 0 bridgehead atoms. The van der Waals surface area contributed by atoms with Crippen LogP contribution in [-0.4, -0.2) is 31.9 Å². The van der Waals surface area contributed by atoms with Crippen LogP contribution in [0.1, 0.15) is 17.2 Å². The molecule has 1 aliphatic heterocycles.